The van der Waals surface area contributed by atoms with Crippen LogP contribution < -0.4 is 11.1 Å². The zero-order chi connectivity index (χ0) is 15.8. The van der Waals surface area contributed by atoms with Gasteiger partial charge in [-0.05, 0) is 38.5 Å². The SMILES string of the molecule is CC(N)CCC(=O)NC(C)C(=O)OCCCC(C)(C)C. The Labute approximate surface area is 122 Å². The number of nitrogens with two attached hydrogens (primary N) is 1. The summed E-state index contributed by atoms with van der Waals surface area (Å²) in [6.07, 6.45) is 2.77. The van der Waals surface area contributed by atoms with E-state index in [1.807, 2.05) is 6.92 Å². The Morgan fingerprint density at radius 3 is 2.35 bits per heavy atom. The van der Waals surface area contributed by atoms with Gasteiger partial charge in [0.2, 0.25) is 5.91 Å². The average molecular weight is 286 g/mol. The van der Waals surface area contributed by atoms with E-state index >= 15 is 0 Å². The molecule has 0 aromatic heterocycles. The molecule has 3 N–H and O–H groups in total. The zero-order valence-corrected chi connectivity index (χ0v) is 13.5. The number of carbonyl (C=O) groups is 2. The van der Waals surface area contributed by atoms with Gasteiger partial charge in [0.05, 0.1) is 6.61 Å². The molecule has 5 nitrogen and oxygen atoms in total. The van der Waals surface area contributed by atoms with E-state index in [1.165, 1.54) is 0 Å². The number of amides is 1. The smallest absolute Gasteiger partial charge is 0.328 e. The number of ether oxygens (including phenoxy) is 1. The Balaban J connectivity index is 3.84. The van der Waals surface area contributed by atoms with E-state index in [2.05, 4.69) is 26.1 Å². The van der Waals surface area contributed by atoms with Crippen LogP contribution in [0.2, 0.25) is 0 Å². The van der Waals surface area contributed by atoms with Gasteiger partial charge in [0, 0.05) is 12.5 Å². The molecular formula is C15H30N2O3. The van der Waals surface area contributed by atoms with Gasteiger partial charge in [-0.3, -0.25) is 4.79 Å². The monoisotopic (exact) mass is 286 g/mol. The van der Waals surface area contributed by atoms with Crippen molar-refractivity contribution in [1.82, 2.24) is 5.32 Å². The van der Waals surface area contributed by atoms with E-state index in [-0.39, 0.29) is 23.3 Å². The van der Waals surface area contributed by atoms with Crippen LogP contribution in [0.3, 0.4) is 0 Å². The van der Waals surface area contributed by atoms with Crippen LogP contribution in [-0.4, -0.2) is 30.6 Å². The summed E-state index contributed by atoms with van der Waals surface area (Å²) in [5, 5.41) is 2.62. The summed E-state index contributed by atoms with van der Waals surface area (Å²) in [4.78, 5) is 23.2. The normalized spacial score (nSPS) is 14.5. The minimum atomic E-state index is -0.606. The fraction of sp³-hybridized carbons (Fsp3) is 0.867. The number of rotatable bonds is 8. The Hall–Kier alpha value is -1.10. The minimum Gasteiger partial charge on any atom is -0.464 e. The summed E-state index contributed by atoms with van der Waals surface area (Å²) >= 11 is 0. The number of nitrogens with one attached hydrogen (secondary N) is 1. The first-order valence-corrected chi connectivity index (χ1v) is 7.33. The molecule has 0 rings (SSSR count). The number of hydrogen-bond donors (Lipinski definition) is 2. The lowest BCUT2D eigenvalue weighted by Crippen LogP contribution is -2.40. The summed E-state index contributed by atoms with van der Waals surface area (Å²) in [7, 11) is 0. The van der Waals surface area contributed by atoms with Crippen LogP contribution in [-0.2, 0) is 14.3 Å². The fourth-order valence-corrected chi connectivity index (χ4v) is 1.63. The second-order valence-electron chi connectivity index (χ2n) is 6.64. The lowest BCUT2D eigenvalue weighted by Gasteiger charge is -2.18. The fourth-order valence-electron chi connectivity index (χ4n) is 1.63. The van der Waals surface area contributed by atoms with Gasteiger partial charge in [0.1, 0.15) is 6.04 Å². The lowest BCUT2D eigenvalue weighted by molar-refractivity contribution is -0.147. The highest BCUT2D eigenvalue weighted by atomic mass is 16.5. The van der Waals surface area contributed by atoms with Crippen molar-refractivity contribution >= 4 is 11.9 Å². The molecule has 1 amide bonds. The van der Waals surface area contributed by atoms with Crippen molar-refractivity contribution in [3.8, 4) is 0 Å². The maximum absolute atomic E-state index is 11.7. The molecule has 0 aliphatic rings. The molecule has 0 aliphatic carbocycles. The summed E-state index contributed by atoms with van der Waals surface area (Å²) in [6.45, 7) is 10.3. The summed E-state index contributed by atoms with van der Waals surface area (Å²) < 4.78 is 5.15. The number of hydrogen-bond acceptors (Lipinski definition) is 4. The Kier molecular flexibility index (Phi) is 8.46. The van der Waals surface area contributed by atoms with Crippen LogP contribution in [0.1, 0.15) is 60.3 Å². The second-order valence-corrected chi connectivity index (χ2v) is 6.64. The second kappa shape index (κ2) is 8.95. The molecule has 118 valence electrons. The first-order chi connectivity index (χ1) is 9.11. The van der Waals surface area contributed by atoms with Crippen LogP contribution in [0.5, 0.6) is 0 Å². The first-order valence-electron chi connectivity index (χ1n) is 7.33. The molecule has 0 aliphatic heterocycles. The van der Waals surface area contributed by atoms with Crippen LogP contribution in [0, 0.1) is 5.41 Å². The van der Waals surface area contributed by atoms with Gasteiger partial charge >= 0.3 is 5.97 Å². The third-order valence-electron chi connectivity index (χ3n) is 2.87. The maximum Gasteiger partial charge on any atom is 0.328 e. The molecule has 2 atom stereocenters. The van der Waals surface area contributed by atoms with Crippen molar-refractivity contribution in [2.45, 2.75) is 72.4 Å². The highest BCUT2D eigenvalue weighted by Gasteiger charge is 2.17. The number of carbonyl (C=O) groups excluding carboxylic acids is 2. The molecule has 20 heavy (non-hydrogen) atoms. The lowest BCUT2D eigenvalue weighted by atomic mass is 9.91. The van der Waals surface area contributed by atoms with E-state index in [4.69, 9.17) is 10.5 Å². The number of esters is 1. The zero-order valence-electron chi connectivity index (χ0n) is 13.5. The third kappa shape index (κ3) is 10.8. The Morgan fingerprint density at radius 1 is 1.25 bits per heavy atom. The molecule has 0 aromatic rings. The molecule has 0 aromatic carbocycles. The first kappa shape index (κ1) is 18.9. The molecule has 5 heteroatoms. The largest absolute Gasteiger partial charge is 0.464 e. The van der Waals surface area contributed by atoms with Gasteiger partial charge in [-0.1, -0.05) is 20.8 Å². The molecule has 0 radical (unpaired) electrons. The average Bonchev–Trinajstić information content (AvgIpc) is 2.30. The van der Waals surface area contributed by atoms with Gasteiger partial charge in [0.15, 0.2) is 0 Å². The van der Waals surface area contributed by atoms with Crippen molar-refractivity contribution in [3.05, 3.63) is 0 Å². The van der Waals surface area contributed by atoms with E-state index < -0.39 is 6.04 Å². The molecule has 0 saturated carbocycles. The van der Waals surface area contributed by atoms with Crippen molar-refractivity contribution in [1.29, 1.82) is 0 Å². The van der Waals surface area contributed by atoms with E-state index in [1.54, 1.807) is 6.92 Å². The predicted molar refractivity (Wildman–Crippen MR) is 80.1 cm³/mol. The van der Waals surface area contributed by atoms with E-state index in [0.29, 0.717) is 19.4 Å². The highest BCUT2D eigenvalue weighted by Crippen LogP contribution is 2.20. The van der Waals surface area contributed by atoms with Crippen molar-refractivity contribution < 1.29 is 14.3 Å². The maximum atomic E-state index is 11.7. The third-order valence-corrected chi connectivity index (χ3v) is 2.87. The van der Waals surface area contributed by atoms with Crippen LogP contribution in [0.15, 0.2) is 0 Å². The van der Waals surface area contributed by atoms with Crippen LogP contribution in [0.25, 0.3) is 0 Å². The molecule has 0 saturated heterocycles. The molecular weight excluding hydrogens is 256 g/mol. The van der Waals surface area contributed by atoms with Gasteiger partial charge in [-0.2, -0.15) is 0 Å². The van der Waals surface area contributed by atoms with Gasteiger partial charge in [-0.25, -0.2) is 4.79 Å². The molecule has 0 spiro atoms. The minimum absolute atomic E-state index is 0.0135. The van der Waals surface area contributed by atoms with Crippen LogP contribution >= 0.6 is 0 Å². The molecule has 0 bridgehead atoms. The van der Waals surface area contributed by atoms with Crippen molar-refractivity contribution in [3.63, 3.8) is 0 Å². The predicted octanol–water partition coefficient (Wildman–Crippen LogP) is 1.99. The topological polar surface area (TPSA) is 81.4 Å². The van der Waals surface area contributed by atoms with Gasteiger partial charge < -0.3 is 15.8 Å². The Bertz CT molecular complexity index is 309. The molecule has 0 heterocycles. The van der Waals surface area contributed by atoms with Crippen LogP contribution in [0.4, 0.5) is 0 Å². The van der Waals surface area contributed by atoms with E-state index in [9.17, 15) is 9.59 Å². The van der Waals surface area contributed by atoms with Crippen molar-refractivity contribution in [2.24, 2.45) is 11.1 Å². The summed E-state index contributed by atoms with van der Waals surface area (Å²) in [5.41, 5.74) is 5.82. The summed E-state index contributed by atoms with van der Waals surface area (Å²) in [6, 6.07) is -0.620. The quantitative estimate of drug-likeness (QED) is 0.528. The van der Waals surface area contributed by atoms with Gasteiger partial charge in [0.25, 0.3) is 0 Å². The molecule has 2 unspecified atom stereocenters. The molecule has 0 fully saturated rings. The Morgan fingerprint density at radius 2 is 1.85 bits per heavy atom. The standard InChI is InChI=1S/C15H30N2O3/c1-11(16)7-8-13(18)17-12(2)14(19)20-10-6-9-15(3,4)5/h11-12H,6-10,16H2,1-5H3,(H,17,18). The summed E-state index contributed by atoms with van der Waals surface area (Å²) in [5.74, 6) is -0.547. The van der Waals surface area contributed by atoms with Crippen molar-refractivity contribution in [2.75, 3.05) is 6.61 Å². The van der Waals surface area contributed by atoms with Gasteiger partial charge in [-0.15, -0.1) is 0 Å². The highest BCUT2D eigenvalue weighted by molar-refractivity contribution is 5.84. The van der Waals surface area contributed by atoms with E-state index in [0.717, 1.165) is 12.8 Å².